The third-order valence-electron chi connectivity index (χ3n) is 2.79. The number of amides is 1. The van der Waals surface area contributed by atoms with Gasteiger partial charge in [0, 0.05) is 6.54 Å². The number of hydrogen-bond acceptors (Lipinski definition) is 2. The van der Waals surface area contributed by atoms with Crippen molar-refractivity contribution in [2.45, 2.75) is 19.4 Å². The molecule has 0 radical (unpaired) electrons. The van der Waals surface area contributed by atoms with Gasteiger partial charge in [0.2, 0.25) is 0 Å². The van der Waals surface area contributed by atoms with Gasteiger partial charge >= 0.3 is 11.9 Å². The quantitative estimate of drug-likeness (QED) is 0.755. The third-order valence-corrected chi connectivity index (χ3v) is 2.79. The molecule has 0 saturated carbocycles. The van der Waals surface area contributed by atoms with Crippen molar-refractivity contribution in [3.63, 3.8) is 0 Å². The predicted octanol–water partition coefficient (Wildman–Crippen LogP) is 1.35. The molecule has 0 aliphatic heterocycles. The maximum absolute atomic E-state index is 11.0. The Morgan fingerprint density at radius 1 is 1.35 bits per heavy atom. The van der Waals surface area contributed by atoms with Gasteiger partial charge in [-0.05, 0) is 29.5 Å². The molecule has 0 spiro atoms. The number of carboxylic acid groups (broad SMARTS) is 1. The highest BCUT2D eigenvalue weighted by atomic mass is 16.4. The van der Waals surface area contributed by atoms with Crippen LogP contribution in [0.5, 0.6) is 0 Å². The molecular formula is C13H13NO3. The fraction of sp³-hybridized carbons (Fsp3) is 0.231. The second kappa shape index (κ2) is 4.82. The minimum absolute atomic E-state index is 0.249. The van der Waals surface area contributed by atoms with Gasteiger partial charge in [0.1, 0.15) is 0 Å². The van der Waals surface area contributed by atoms with Gasteiger partial charge in [-0.1, -0.05) is 30.4 Å². The monoisotopic (exact) mass is 231 g/mol. The Balaban J connectivity index is 2.15. The van der Waals surface area contributed by atoms with E-state index in [2.05, 4.69) is 17.5 Å². The van der Waals surface area contributed by atoms with Crippen molar-refractivity contribution in [2.75, 3.05) is 0 Å². The molecule has 4 heteroatoms. The van der Waals surface area contributed by atoms with Crippen LogP contribution in [0.2, 0.25) is 0 Å². The maximum Gasteiger partial charge on any atom is 0.394 e. The van der Waals surface area contributed by atoms with Crippen molar-refractivity contribution < 1.29 is 14.7 Å². The molecule has 0 unspecified atom stereocenters. The second-order valence-corrected chi connectivity index (χ2v) is 3.92. The fourth-order valence-corrected chi connectivity index (χ4v) is 1.94. The van der Waals surface area contributed by atoms with Crippen LogP contribution in [0.3, 0.4) is 0 Å². The SMILES string of the molecule is O=C(O)C(=O)NCc1cccc2c1C=CCC2. The number of fused-ring (bicyclic) bond motifs is 1. The molecule has 0 saturated heterocycles. The van der Waals surface area contributed by atoms with E-state index in [-0.39, 0.29) is 6.54 Å². The van der Waals surface area contributed by atoms with Crippen molar-refractivity contribution in [1.82, 2.24) is 5.32 Å². The Labute approximate surface area is 99.0 Å². The van der Waals surface area contributed by atoms with E-state index in [1.165, 1.54) is 5.56 Å². The lowest BCUT2D eigenvalue weighted by molar-refractivity contribution is -0.150. The number of aliphatic carboxylic acids is 1. The van der Waals surface area contributed by atoms with Crippen LogP contribution in [0.15, 0.2) is 24.3 Å². The first kappa shape index (κ1) is 11.4. The standard InChI is InChI=1S/C13H13NO3/c15-12(13(16)17)14-8-10-6-3-5-9-4-1-2-7-11(9)10/h2-3,5-7H,1,4,8H2,(H,14,15)(H,16,17). The molecule has 0 atom stereocenters. The highest BCUT2D eigenvalue weighted by Gasteiger charge is 2.13. The van der Waals surface area contributed by atoms with Crippen LogP contribution in [-0.4, -0.2) is 17.0 Å². The average Bonchev–Trinajstić information content (AvgIpc) is 2.35. The molecule has 1 amide bonds. The Bertz CT molecular complexity index is 491. The van der Waals surface area contributed by atoms with Gasteiger partial charge in [-0.2, -0.15) is 0 Å². The number of nitrogens with one attached hydrogen (secondary N) is 1. The van der Waals surface area contributed by atoms with Crippen LogP contribution in [0, 0.1) is 0 Å². The lowest BCUT2D eigenvalue weighted by atomic mass is 9.93. The molecule has 2 rings (SSSR count). The van der Waals surface area contributed by atoms with E-state index in [0.29, 0.717) is 0 Å². The number of carbonyl (C=O) groups excluding carboxylic acids is 1. The number of allylic oxidation sites excluding steroid dienone is 1. The number of benzene rings is 1. The molecule has 0 fully saturated rings. The van der Waals surface area contributed by atoms with Crippen LogP contribution in [0.25, 0.3) is 6.08 Å². The Kier molecular flexibility index (Phi) is 3.23. The largest absolute Gasteiger partial charge is 0.474 e. The summed E-state index contributed by atoms with van der Waals surface area (Å²) in [7, 11) is 0. The first-order valence-electron chi connectivity index (χ1n) is 5.47. The van der Waals surface area contributed by atoms with Gasteiger partial charge in [-0.3, -0.25) is 4.79 Å². The Hall–Kier alpha value is -2.10. The number of hydrogen-bond donors (Lipinski definition) is 2. The van der Waals surface area contributed by atoms with Crippen LogP contribution in [0.1, 0.15) is 23.1 Å². The van der Waals surface area contributed by atoms with E-state index >= 15 is 0 Å². The van der Waals surface area contributed by atoms with E-state index < -0.39 is 11.9 Å². The molecule has 0 bridgehead atoms. The van der Waals surface area contributed by atoms with Crippen molar-refractivity contribution in [3.05, 3.63) is 41.0 Å². The van der Waals surface area contributed by atoms with Gasteiger partial charge in [-0.25, -0.2) is 4.79 Å². The summed E-state index contributed by atoms with van der Waals surface area (Å²) in [6.07, 6.45) is 6.14. The van der Waals surface area contributed by atoms with Crippen LogP contribution < -0.4 is 5.32 Å². The summed E-state index contributed by atoms with van der Waals surface area (Å²) in [5.74, 6) is -2.42. The van der Waals surface area contributed by atoms with Gasteiger partial charge in [0.05, 0.1) is 0 Å². The summed E-state index contributed by atoms with van der Waals surface area (Å²) in [4.78, 5) is 21.3. The van der Waals surface area contributed by atoms with Crippen LogP contribution in [-0.2, 0) is 22.6 Å². The minimum atomic E-state index is -1.45. The van der Waals surface area contributed by atoms with E-state index in [1.807, 2.05) is 18.2 Å². The molecule has 1 aromatic rings. The molecular weight excluding hydrogens is 218 g/mol. The maximum atomic E-state index is 11.0. The number of aryl methyl sites for hydroxylation is 1. The van der Waals surface area contributed by atoms with Gasteiger partial charge < -0.3 is 10.4 Å². The van der Waals surface area contributed by atoms with Crippen molar-refractivity contribution in [1.29, 1.82) is 0 Å². The molecule has 0 aromatic heterocycles. The number of carbonyl (C=O) groups is 2. The zero-order valence-electron chi connectivity index (χ0n) is 9.27. The predicted molar refractivity (Wildman–Crippen MR) is 63.3 cm³/mol. The zero-order chi connectivity index (χ0) is 12.3. The number of carboxylic acids is 1. The van der Waals surface area contributed by atoms with E-state index in [4.69, 9.17) is 5.11 Å². The summed E-state index contributed by atoms with van der Waals surface area (Å²) >= 11 is 0. The number of rotatable bonds is 2. The average molecular weight is 231 g/mol. The third kappa shape index (κ3) is 2.53. The topological polar surface area (TPSA) is 66.4 Å². The molecule has 1 aliphatic carbocycles. The molecule has 0 heterocycles. The van der Waals surface area contributed by atoms with E-state index in [1.54, 1.807) is 0 Å². The Morgan fingerprint density at radius 3 is 2.94 bits per heavy atom. The molecule has 17 heavy (non-hydrogen) atoms. The van der Waals surface area contributed by atoms with Gasteiger partial charge in [-0.15, -0.1) is 0 Å². The minimum Gasteiger partial charge on any atom is -0.474 e. The smallest absolute Gasteiger partial charge is 0.394 e. The van der Waals surface area contributed by atoms with Crippen LogP contribution >= 0.6 is 0 Å². The lowest BCUT2D eigenvalue weighted by Crippen LogP contribution is -2.30. The van der Waals surface area contributed by atoms with Gasteiger partial charge in [0.15, 0.2) is 0 Å². The van der Waals surface area contributed by atoms with E-state index in [9.17, 15) is 9.59 Å². The van der Waals surface area contributed by atoms with Crippen LogP contribution in [0.4, 0.5) is 0 Å². The normalized spacial score (nSPS) is 12.9. The molecule has 1 aromatic carbocycles. The summed E-state index contributed by atoms with van der Waals surface area (Å²) in [6.45, 7) is 0.249. The molecule has 1 aliphatic rings. The van der Waals surface area contributed by atoms with Crippen molar-refractivity contribution in [3.8, 4) is 0 Å². The first-order valence-corrected chi connectivity index (χ1v) is 5.47. The summed E-state index contributed by atoms with van der Waals surface area (Å²) in [5.41, 5.74) is 3.30. The van der Waals surface area contributed by atoms with Crippen molar-refractivity contribution in [2.24, 2.45) is 0 Å². The van der Waals surface area contributed by atoms with E-state index in [0.717, 1.165) is 24.0 Å². The molecule has 88 valence electrons. The molecule has 2 N–H and O–H groups in total. The van der Waals surface area contributed by atoms with Crippen molar-refractivity contribution >= 4 is 18.0 Å². The van der Waals surface area contributed by atoms with Gasteiger partial charge in [0.25, 0.3) is 0 Å². The Morgan fingerprint density at radius 2 is 2.18 bits per heavy atom. The first-order chi connectivity index (χ1) is 8.18. The second-order valence-electron chi connectivity index (χ2n) is 3.92. The highest BCUT2D eigenvalue weighted by molar-refractivity contribution is 6.31. The highest BCUT2D eigenvalue weighted by Crippen LogP contribution is 2.22. The summed E-state index contributed by atoms with van der Waals surface area (Å²) in [6, 6.07) is 5.89. The zero-order valence-corrected chi connectivity index (χ0v) is 9.27. The summed E-state index contributed by atoms with van der Waals surface area (Å²) in [5, 5.41) is 10.8. The molecule has 4 nitrogen and oxygen atoms in total. The fourth-order valence-electron chi connectivity index (χ4n) is 1.94. The summed E-state index contributed by atoms with van der Waals surface area (Å²) < 4.78 is 0. The lowest BCUT2D eigenvalue weighted by Gasteiger charge is -2.14.